The summed E-state index contributed by atoms with van der Waals surface area (Å²) in [5, 5.41) is 3.02. The van der Waals surface area contributed by atoms with Gasteiger partial charge in [0, 0.05) is 19.0 Å². The molecule has 3 aromatic rings. The Labute approximate surface area is 174 Å². The number of nitrogens with one attached hydrogen (secondary N) is 1. The van der Waals surface area contributed by atoms with E-state index in [2.05, 4.69) is 10.3 Å². The van der Waals surface area contributed by atoms with E-state index in [1.807, 2.05) is 0 Å². The van der Waals surface area contributed by atoms with Crippen molar-refractivity contribution in [3.63, 3.8) is 0 Å². The molecule has 0 aliphatic carbocycles. The van der Waals surface area contributed by atoms with Crippen LogP contribution in [0.1, 0.15) is 12.8 Å². The van der Waals surface area contributed by atoms with E-state index in [1.54, 1.807) is 0 Å². The van der Waals surface area contributed by atoms with Crippen molar-refractivity contribution in [2.24, 2.45) is 5.92 Å². The van der Waals surface area contributed by atoms with Crippen molar-refractivity contribution in [2.45, 2.75) is 17.7 Å². The number of sulfonamides is 1. The fraction of sp³-hybridized carbons (Fsp3) is 0.263. The van der Waals surface area contributed by atoms with Gasteiger partial charge in [-0.15, -0.1) is 0 Å². The molecule has 4 rings (SSSR count). The molecule has 1 fully saturated rings. The predicted molar refractivity (Wildman–Crippen MR) is 106 cm³/mol. The van der Waals surface area contributed by atoms with E-state index < -0.39 is 38.3 Å². The highest BCUT2D eigenvalue weighted by molar-refractivity contribution is 7.89. The lowest BCUT2D eigenvalue weighted by Gasteiger charge is -2.30. The van der Waals surface area contributed by atoms with E-state index in [-0.39, 0.29) is 31.8 Å². The molecule has 0 spiro atoms. The minimum atomic E-state index is -4.20. The van der Waals surface area contributed by atoms with Gasteiger partial charge in [0.05, 0.1) is 10.2 Å². The lowest BCUT2D eigenvalue weighted by molar-refractivity contribution is -0.120. The second-order valence-corrected chi connectivity index (χ2v) is 9.81. The van der Waals surface area contributed by atoms with Crippen LogP contribution in [0.2, 0.25) is 0 Å². The third-order valence-electron chi connectivity index (χ3n) is 4.92. The van der Waals surface area contributed by atoms with E-state index in [1.165, 1.54) is 18.2 Å². The molecule has 158 valence electrons. The summed E-state index contributed by atoms with van der Waals surface area (Å²) in [7, 11) is -4.20. The second kappa shape index (κ2) is 7.97. The second-order valence-electron chi connectivity index (χ2n) is 6.87. The van der Waals surface area contributed by atoms with Crippen molar-refractivity contribution in [2.75, 3.05) is 18.4 Å². The molecule has 2 aromatic carbocycles. The minimum Gasteiger partial charge on any atom is -0.302 e. The number of rotatable bonds is 4. The van der Waals surface area contributed by atoms with Gasteiger partial charge >= 0.3 is 0 Å². The number of aromatic nitrogens is 1. The van der Waals surface area contributed by atoms with Crippen LogP contribution in [-0.2, 0) is 14.8 Å². The number of thiazole rings is 1. The topological polar surface area (TPSA) is 79.4 Å². The van der Waals surface area contributed by atoms with Crippen molar-refractivity contribution in [3.8, 4) is 0 Å². The number of nitrogens with zero attached hydrogens (tertiary/aromatic N) is 2. The van der Waals surface area contributed by atoms with Gasteiger partial charge < -0.3 is 5.32 Å². The number of fused-ring (bicyclic) bond motifs is 1. The summed E-state index contributed by atoms with van der Waals surface area (Å²) in [5.41, 5.74) is 0.565. The maximum absolute atomic E-state index is 13.9. The van der Waals surface area contributed by atoms with Crippen molar-refractivity contribution >= 4 is 42.6 Å². The first kappa shape index (κ1) is 20.8. The van der Waals surface area contributed by atoms with Crippen LogP contribution >= 0.6 is 11.3 Å². The van der Waals surface area contributed by atoms with Crippen LogP contribution in [0, 0.1) is 23.4 Å². The smallest absolute Gasteiger partial charge is 0.246 e. The monoisotopic (exact) mass is 455 g/mol. The fourth-order valence-corrected chi connectivity index (χ4v) is 5.77. The van der Waals surface area contributed by atoms with Crippen molar-refractivity contribution in [1.29, 1.82) is 0 Å². The molecule has 30 heavy (non-hydrogen) atoms. The zero-order valence-electron chi connectivity index (χ0n) is 15.4. The van der Waals surface area contributed by atoms with Gasteiger partial charge in [-0.3, -0.25) is 4.79 Å². The zero-order valence-corrected chi connectivity index (χ0v) is 17.1. The molecule has 0 unspecified atom stereocenters. The van der Waals surface area contributed by atoms with Crippen molar-refractivity contribution < 1.29 is 26.4 Å². The number of halogens is 3. The Balaban J connectivity index is 1.42. The lowest BCUT2D eigenvalue weighted by Crippen LogP contribution is -2.41. The van der Waals surface area contributed by atoms with Gasteiger partial charge in [0.15, 0.2) is 5.13 Å². The SMILES string of the molecule is O=C(Nc1nc2ccc(F)cc2s1)C1CCN(S(=O)(=O)c2cc(F)ccc2F)CC1. The summed E-state index contributed by atoms with van der Waals surface area (Å²) in [6, 6.07) is 6.40. The molecule has 6 nitrogen and oxygen atoms in total. The van der Waals surface area contributed by atoms with Crippen LogP contribution in [0.25, 0.3) is 10.2 Å². The van der Waals surface area contributed by atoms with Crippen LogP contribution in [0.4, 0.5) is 18.3 Å². The van der Waals surface area contributed by atoms with Crippen LogP contribution in [0.3, 0.4) is 0 Å². The van der Waals surface area contributed by atoms with Gasteiger partial charge in [0.2, 0.25) is 15.9 Å². The fourth-order valence-electron chi connectivity index (χ4n) is 3.33. The van der Waals surface area contributed by atoms with Crippen LogP contribution in [0.15, 0.2) is 41.3 Å². The molecule has 1 N–H and O–H groups in total. The molecule has 0 radical (unpaired) electrons. The molecule has 0 bridgehead atoms. The summed E-state index contributed by atoms with van der Waals surface area (Å²) in [6.07, 6.45) is 0.447. The van der Waals surface area contributed by atoms with Crippen LogP contribution < -0.4 is 5.32 Å². The molecule has 1 amide bonds. The van der Waals surface area contributed by atoms with E-state index >= 15 is 0 Å². The third kappa shape index (κ3) is 4.05. The van der Waals surface area contributed by atoms with Crippen LogP contribution in [0.5, 0.6) is 0 Å². The molecule has 11 heteroatoms. The molecule has 1 aliphatic heterocycles. The Kier molecular flexibility index (Phi) is 5.51. The average molecular weight is 455 g/mol. The van der Waals surface area contributed by atoms with Crippen LogP contribution in [-0.4, -0.2) is 36.7 Å². The normalized spacial score (nSPS) is 16.1. The molecular formula is C19H16F3N3O3S2. The van der Waals surface area contributed by atoms with E-state index in [4.69, 9.17) is 0 Å². The standard InChI is InChI=1S/C19H16F3N3O3S2/c20-12-2-4-15-16(9-12)29-19(23-15)24-18(26)11-5-7-25(8-6-11)30(27,28)17-10-13(21)1-3-14(17)22/h1-4,9-11H,5-8H2,(H,23,24,26). The number of hydrogen-bond acceptors (Lipinski definition) is 5. The molecule has 1 saturated heterocycles. The first-order chi connectivity index (χ1) is 14.2. The van der Waals surface area contributed by atoms with Crippen molar-refractivity contribution in [1.82, 2.24) is 9.29 Å². The zero-order chi connectivity index (χ0) is 21.5. The van der Waals surface area contributed by atoms with E-state index in [0.29, 0.717) is 21.4 Å². The summed E-state index contributed by atoms with van der Waals surface area (Å²) in [6.45, 7) is 0.00284. The average Bonchev–Trinajstić information content (AvgIpc) is 3.11. The maximum atomic E-state index is 13.9. The highest BCUT2D eigenvalue weighted by Crippen LogP contribution is 2.29. The number of carbonyl (C=O) groups is 1. The number of benzene rings is 2. The molecular weight excluding hydrogens is 439 g/mol. The molecule has 0 atom stereocenters. The van der Waals surface area contributed by atoms with Crippen molar-refractivity contribution in [3.05, 3.63) is 53.8 Å². The summed E-state index contributed by atoms with van der Waals surface area (Å²) in [5.74, 6) is -3.04. The van der Waals surface area contributed by atoms with Gasteiger partial charge in [0.25, 0.3) is 0 Å². The summed E-state index contributed by atoms with van der Waals surface area (Å²) < 4.78 is 67.5. The van der Waals surface area contributed by atoms with E-state index in [0.717, 1.165) is 27.8 Å². The maximum Gasteiger partial charge on any atom is 0.246 e. The largest absolute Gasteiger partial charge is 0.302 e. The Morgan fingerprint density at radius 2 is 1.73 bits per heavy atom. The number of amides is 1. The van der Waals surface area contributed by atoms with E-state index in [9.17, 15) is 26.4 Å². The number of anilines is 1. The third-order valence-corrected chi connectivity index (χ3v) is 7.76. The Hall–Kier alpha value is -2.50. The minimum absolute atomic E-state index is 0.00142. The Bertz CT molecular complexity index is 1220. The van der Waals surface area contributed by atoms with Gasteiger partial charge in [-0.25, -0.2) is 26.6 Å². The first-order valence-corrected chi connectivity index (χ1v) is 11.3. The predicted octanol–water partition coefficient (Wildman–Crippen LogP) is 3.75. The van der Waals surface area contributed by atoms with Gasteiger partial charge in [-0.2, -0.15) is 4.31 Å². The van der Waals surface area contributed by atoms with Gasteiger partial charge in [-0.05, 0) is 49.2 Å². The summed E-state index contributed by atoms with van der Waals surface area (Å²) in [4.78, 5) is 16.1. The Morgan fingerprint density at radius 3 is 2.47 bits per heavy atom. The highest BCUT2D eigenvalue weighted by atomic mass is 32.2. The molecule has 0 saturated carbocycles. The quantitative estimate of drug-likeness (QED) is 0.650. The number of carbonyl (C=O) groups excluding carboxylic acids is 1. The van der Waals surface area contributed by atoms with Gasteiger partial charge in [-0.1, -0.05) is 11.3 Å². The molecule has 2 heterocycles. The van der Waals surface area contributed by atoms with Gasteiger partial charge in [0.1, 0.15) is 22.3 Å². The summed E-state index contributed by atoms with van der Waals surface area (Å²) >= 11 is 1.14. The number of piperidine rings is 1. The first-order valence-electron chi connectivity index (χ1n) is 9.06. The molecule has 1 aliphatic rings. The lowest BCUT2D eigenvalue weighted by atomic mass is 9.97. The Morgan fingerprint density at radius 1 is 1.07 bits per heavy atom. The highest BCUT2D eigenvalue weighted by Gasteiger charge is 2.34. The number of hydrogen-bond donors (Lipinski definition) is 1. The molecule has 1 aromatic heterocycles.